The Morgan fingerprint density at radius 3 is 2.86 bits per heavy atom. The standard InChI is InChI=1S/C13H24N4O3S/c1-10-13(12(8-14-2)16-15-10)21(18,19)17(3)9-11-6-4-5-7-20-11/h11,14H,4-9H2,1-3H3,(H,15,16). The molecule has 0 radical (unpaired) electrons. The van der Waals surface area contributed by atoms with Crippen LogP contribution in [-0.4, -0.2) is 56.3 Å². The second-order valence-electron chi connectivity index (χ2n) is 5.43. The van der Waals surface area contributed by atoms with Gasteiger partial charge in [-0.15, -0.1) is 0 Å². The summed E-state index contributed by atoms with van der Waals surface area (Å²) in [5.74, 6) is 0. The number of rotatable bonds is 6. The lowest BCUT2D eigenvalue weighted by Crippen LogP contribution is -2.37. The van der Waals surface area contributed by atoms with Crippen molar-refractivity contribution in [1.82, 2.24) is 19.8 Å². The van der Waals surface area contributed by atoms with E-state index in [0.29, 0.717) is 31.1 Å². The molecule has 1 atom stereocenters. The van der Waals surface area contributed by atoms with Crippen molar-refractivity contribution >= 4 is 10.0 Å². The van der Waals surface area contributed by atoms with Crippen LogP contribution in [0.1, 0.15) is 30.7 Å². The van der Waals surface area contributed by atoms with Gasteiger partial charge in [0.2, 0.25) is 10.0 Å². The predicted molar refractivity (Wildman–Crippen MR) is 79.5 cm³/mol. The molecule has 2 N–H and O–H groups in total. The quantitative estimate of drug-likeness (QED) is 0.803. The van der Waals surface area contributed by atoms with Gasteiger partial charge in [-0.25, -0.2) is 8.42 Å². The Morgan fingerprint density at radius 1 is 1.48 bits per heavy atom. The monoisotopic (exact) mass is 316 g/mol. The van der Waals surface area contributed by atoms with Crippen LogP contribution in [0.4, 0.5) is 0 Å². The Morgan fingerprint density at radius 2 is 2.24 bits per heavy atom. The number of aryl methyl sites for hydroxylation is 1. The van der Waals surface area contributed by atoms with E-state index in [0.717, 1.165) is 19.3 Å². The highest BCUT2D eigenvalue weighted by Crippen LogP contribution is 2.23. The Kier molecular flexibility index (Phi) is 5.37. The third-order valence-corrected chi connectivity index (χ3v) is 5.74. The molecule has 120 valence electrons. The number of likely N-dealkylation sites (N-methyl/N-ethyl adjacent to an activating group) is 1. The molecule has 8 heteroatoms. The summed E-state index contributed by atoms with van der Waals surface area (Å²) in [5, 5.41) is 9.78. The van der Waals surface area contributed by atoms with Crippen LogP contribution in [0.3, 0.4) is 0 Å². The Balaban J connectivity index is 2.18. The van der Waals surface area contributed by atoms with E-state index in [4.69, 9.17) is 4.74 Å². The Bertz CT molecular complexity index is 564. The van der Waals surface area contributed by atoms with Crippen LogP contribution in [0.15, 0.2) is 4.90 Å². The number of H-pyrrole nitrogens is 1. The van der Waals surface area contributed by atoms with Crippen molar-refractivity contribution in [2.24, 2.45) is 0 Å². The van der Waals surface area contributed by atoms with Gasteiger partial charge in [-0.2, -0.15) is 9.40 Å². The lowest BCUT2D eigenvalue weighted by atomic mass is 10.1. The number of ether oxygens (including phenoxy) is 1. The van der Waals surface area contributed by atoms with E-state index in [1.54, 1.807) is 21.0 Å². The number of nitrogens with zero attached hydrogens (tertiary/aromatic N) is 2. The van der Waals surface area contributed by atoms with Crippen molar-refractivity contribution in [3.8, 4) is 0 Å². The number of hydrogen-bond donors (Lipinski definition) is 2. The molecule has 2 rings (SSSR count). The normalized spacial score (nSPS) is 20.1. The van der Waals surface area contributed by atoms with Crippen molar-refractivity contribution in [3.05, 3.63) is 11.4 Å². The van der Waals surface area contributed by atoms with Gasteiger partial charge in [0.1, 0.15) is 4.90 Å². The summed E-state index contributed by atoms with van der Waals surface area (Å²) >= 11 is 0. The van der Waals surface area contributed by atoms with Crippen molar-refractivity contribution in [2.75, 3.05) is 27.2 Å². The molecule has 1 aliphatic heterocycles. The van der Waals surface area contributed by atoms with E-state index < -0.39 is 10.0 Å². The topological polar surface area (TPSA) is 87.3 Å². The predicted octanol–water partition coefficient (Wildman–Crippen LogP) is 0.627. The summed E-state index contributed by atoms with van der Waals surface area (Å²) in [5.41, 5.74) is 1.09. The van der Waals surface area contributed by atoms with Crippen molar-refractivity contribution in [3.63, 3.8) is 0 Å². The number of hydrogen-bond acceptors (Lipinski definition) is 5. The van der Waals surface area contributed by atoms with E-state index in [1.165, 1.54) is 4.31 Å². The van der Waals surface area contributed by atoms with Crippen LogP contribution >= 0.6 is 0 Å². The summed E-state index contributed by atoms with van der Waals surface area (Å²) in [4.78, 5) is 0.273. The largest absolute Gasteiger partial charge is 0.377 e. The molecule has 21 heavy (non-hydrogen) atoms. The van der Waals surface area contributed by atoms with E-state index in [1.807, 2.05) is 0 Å². The first-order valence-electron chi connectivity index (χ1n) is 7.23. The van der Waals surface area contributed by atoms with Gasteiger partial charge in [0, 0.05) is 26.7 Å². The zero-order valence-electron chi connectivity index (χ0n) is 12.8. The lowest BCUT2D eigenvalue weighted by molar-refractivity contribution is 0.00857. The minimum Gasteiger partial charge on any atom is -0.377 e. The zero-order chi connectivity index (χ0) is 15.5. The second kappa shape index (κ2) is 6.87. The van der Waals surface area contributed by atoms with Gasteiger partial charge >= 0.3 is 0 Å². The minimum atomic E-state index is -3.56. The van der Waals surface area contributed by atoms with Crippen molar-refractivity contribution in [2.45, 2.75) is 43.7 Å². The maximum Gasteiger partial charge on any atom is 0.246 e. The zero-order valence-corrected chi connectivity index (χ0v) is 13.7. The molecule has 0 amide bonds. The second-order valence-corrected chi connectivity index (χ2v) is 7.41. The number of aromatic nitrogens is 2. The molecule has 1 aliphatic rings. The van der Waals surface area contributed by atoms with Crippen LogP contribution in [0, 0.1) is 6.92 Å². The third-order valence-electron chi connectivity index (χ3n) is 3.71. The number of nitrogens with one attached hydrogen (secondary N) is 2. The Labute approximate surface area is 126 Å². The third kappa shape index (κ3) is 3.63. The fourth-order valence-corrected chi connectivity index (χ4v) is 4.11. The van der Waals surface area contributed by atoms with Crippen LogP contribution in [-0.2, 0) is 21.3 Å². The average molecular weight is 316 g/mol. The molecule has 1 saturated heterocycles. The SMILES string of the molecule is CNCc1n[nH]c(C)c1S(=O)(=O)N(C)CC1CCCCO1. The van der Waals surface area contributed by atoms with Gasteiger partial charge in [-0.1, -0.05) is 0 Å². The van der Waals surface area contributed by atoms with E-state index in [2.05, 4.69) is 15.5 Å². The van der Waals surface area contributed by atoms with Crippen LogP contribution in [0.5, 0.6) is 0 Å². The molecule has 0 aromatic carbocycles. The molecular weight excluding hydrogens is 292 g/mol. The van der Waals surface area contributed by atoms with Gasteiger partial charge in [0.05, 0.1) is 17.5 Å². The Hall–Kier alpha value is -0.960. The molecule has 1 fully saturated rings. The van der Waals surface area contributed by atoms with Crippen molar-refractivity contribution < 1.29 is 13.2 Å². The van der Waals surface area contributed by atoms with E-state index in [-0.39, 0.29) is 11.0 Å². The summed E-state index contributed by atoms with van der Waals surface area (Å²) in [7, 11) is -0.195. The number of aromatic amines is 1. The molecule has 1 unspecified atom stereocenters. The lowest BCUT2D eigenvalue weighted by Gasteiger charge is -2.27. The highest BCUT2D eigenvalue weighted by molar-refractivity contribution is 7.89. The van der Waals surface area contributed by atoms with Gasteiger partial charge in [-0.05, 0) is 33.2 Å². The van der Waals surface area contributed by atoms with Gasteiger partial charge in [0.15, 0.2) is 0 Å². The first kappa shape index (κ1) is 16.4. The van der Waals surface area contributed by atoms with Gasteiger partial charge < -0.3 is 10.1 Å². The fraction of sp³-hybridized carbons (Fsp3) is 0.769. The molecule has 1 aromatic rings. The smallest absolute Gasteiger partial charge is 0.246 e. The molecule has 2 heterocycles. The molecule has 0 spiro atoms. The minimum absolute atomic E-state index is 0.0153. The molecule has 7 nitrogen and oxygen atoms in total. The summed E-state index contributed by atoms with van der Waals surface area (Å²) in [6.07, 6.45) is 3.04. The summed E-state index contributed by atoms with van der Waals surface area (Å²) < 4.78 is 32.5. The average Bonchev–Trinajstić information content (AvgIpc) is 2.82. The van der Waals surface area contributed by atoms with Crippen LogP contribution < -0.4 is 5.32 Å². The molecular formula is C13H24N4O3S. The summed E-state index contributed by atoms with van der Waals surface area (Å²) in [6, 6.07) is 0. The highest BCUT2D eigenvalue weighted by Gasteiger charge is 2.30. The molecule has 0 saturated carbocycles. The van der Waals surface area contributed by atoms with Gasteiger partial charge in [0.25, 0.3) is 0 Å². The van der Waals surface area contributed by atoms with E-state index >= 15 is 0 Å². The molecule has 0 bridgehead atoms. The fourth-order valence-electron chi connectivity index (χ4n) is 2.59. The molecule has 1 aromatic heterocycles. The van der Waals surface area contributed by atoms with Gasteiger partial charge in [-0.3, -0.25) is 5.10 Å². The number of sulfonamides is 1. The maximum absolute atomic E-state index is 12.8. The van der Waals surface area contributed by atoms with E-state index in [9.17, 15) is 8.42 Å². The summed E-state index contributed by atoms with van der Waals surface area (Å²) in [6.45, 7) is 3.23. The van der Waals surface area contributed by atoms with Crippen LogP contribution in [0.25, 0.3) is 0 Å². The van der Waals surface area contributed by atoms with Crippen LogP contribution in [0.2, 0.25) is 0 Å². The first-order valence-corrected chi connectivity index (χ1v) is 8.67. The maximum atomic E-state index is 12.8. The molecule has 0 aliphatic carbocycles. The highest BCUT2D eigenvalue weighted by atomic mass is 32.2. The van der Waals surface area contributed by atoms with Crippen molar-refractivity contribution in [1.29, 1.82) is 0 Å². The first-order chi connectivity index (χ1) is 9.96.